The summed E-state index contributed by atoms with van der Waals surface area (Å²) in [6.45, 7) is 7.61. The third-order valence-corrected chi connectivity index (χ3v) is 5.38. The molecule has 1 unspecified atom stereocenters. The maximum absolute atomic E-state index is 13.0. The standard InChI is InChI=1S/C24H31N3O8/c1-2-9-32-11-13-34-15-16-35-14-12-33-10-8-25-18-5-3-4-17-21(18)24(31)27(23(17)30)19-6-7-20(28)26-22(19)29/h2-5,19,25H,1,6-16H2,(H,26,28,29). The summed E-state index contributed by atoms with van der Waals surface area (Å²) in [4.78, 5) is 50.4. The van der Waals surface area contributed by atoms with E-state index in [1.807, 2.05) is 0 Å². The molecule has 0 radical (unpaired) electrons. The van der Waals surface area contributed by atoms with Crippen molar-refractivity contribution in [3.05, 3.63) is 42.0 Å². The molecule has 4 amide bonds. The average molecular weight is 490 g/mol. The third-order valence-electron chi connectivity index (χ3n) is 5.38. The second kappa shape index (κ2) is 13.7. The fraction of sp³-hybridized carbons (Fsp3) is 0.500. The van der Waals surface area contributed by atoms with E-state index in [-0.39, 0.29) is 24.0 Å². The van der Waals surface area contributed by atoms with Crippen LogP contribution in [0.1, 0.15) is 33.6 Å². The van der Waals surface area contributed by atoms with Gasteiger partial charge in [0.2, 0.25) is 11.8 Å². The molecule has 2 N–H and O–H groups in total. The molecule has 0 spiro atoms. The minimum Gasteiger partial charge on any atom is -0.382 e. The van der Waals surface area contributed by atoms with Gasteiger partial charge in [-0.3, -0.25) is 29.4 Å². The van der Waals surface area contributed by atoms with E-state index in [1.54, 1.807) is 24.3 Å². The van der Waals surface area contributed by atoms with E-state index in [0.29, 0.717) is 65.1 Å². The normalized spacial score (nSPS) is 17.5. The van der Waals surface area contributed by atoms with Crippen molar-refractivity contribution < 1.29 is 38.1 Å². The van der Waals surface area contributed by atoms with Crippen LogP contribution >= 0.6 is 0 Å². The molecule has 1 saturated heterocycles. The number of anilines is 1. The average Bonchev–Trinajstić information content (AvgIpc) is 3.10. The van der Waals surface area contributed by atoms with Gasteiger partial charge in [-0.15, -0.1) is 6.58 Å². The zero-order valence-electron chi connectivity index (χ0n) is 19.6. The largest absolute Gasteiger partial charge is 0.382 e. The van der Waals surface area contributed by atoms with Gasteiger partial charge in [0, 0.05) is 18.7 Å². The van der Waals surface area contributed by atoms with Crippen LogP contribution in [0.2, 0.25) is 0 Å². The van der Waals surface area contributed by atoms with E-state index in [0.717, 1.165) is 4.90 Å². The summed E-state index contributed by atoms with van der Waals surface area (Å²) in [6, 6.07) is 3.93. The molecule has 11 heteroatoms. The lowest BCUT2D eigenvalue weighted by Crippen LogP contribution is -2.54. The number of nitrogens with zero attached hydrogens (tertiary/aromatic N) is 1. The third kappa shape index (κ3) is 7.18. The molecule has 2 aliphatic heterocycles. The summed E-state index contributed by atoms with van der Waals surface area (Å²) in [5.74, 6) is -2.13. The summed E-state index contributed by atoms with van der Waals surface area (Å²) in [5, 5.41) is 5.31. The molecule has 0 aromatic heterocycles. The van der Waals surface area contributed by atoms with Gasteiger partial charge in [0.25, 0.3) is 11.8 Å². The second-order valence-corrected chi connectivity index (χ2v) is 7.80. The first-order valence-corrected chi connectivity index (χ1v) is 11.5. The van der Waals surface area contributed by atoms with Crippen molar-refractivity contribution >= 4 is 29.3 Å². The Morgan fingerprint density at radius 3 is 2.26 bits per heavy atom. The van der Waals surface area contributed by atoms with Gasteiger partial charge in [-0.05, 0) is 18.6 Å². The number of imide groups is 2. The number of nitrogens with one attached hydrogen (secondary N) is 2. The number of amides is 4. The highest BCUT2D eigenvalue weighted by atomic mass is 16.6. The first kappa shape index (κ1) is 26.5. The van der Waals surface area contributed by atoms with E-state index in [1.165, 1.54) is 0 Å². The summed E-state index contributed by atoms with van der Waals surface area (Å²) in [6.07, 6.45) is 1.88. The fourth-order valence-electron chi connectivity index (χ4n) is 3.75. The van der Waals surface area contributed by atoms with E-state index in [2.05, 4.69) is 17.2 Å². The Morgan fingerprint density at radius 1 is 0.943 bits per heavy atom. The molecule has 1 fully saturated rings. The van der Waals surface area contributed by atoms with Crippen molar-refractivity contribution in [1.29, 1.82) is 0 Å². The molecule has 3 rings (SSSR count). The molecule has 0 saturated carbocycles. The Kier molecular flexibility index (Phi) is 10.4. The van der Waals surface area contributed by atoms with Gasteiger partial charge in [-0.25, -0.2) is 0 Å². The first-order chi connectivity index (χ1) is 17.0. The molecule has 2 heterocycles. The summed E-state index contributed by atoms with van der Waals surface area (Å²) < 4.78 is 21.5. The Balaban J connectivity index is 1.36. The lowest BCUT2D eigenvalue weighted by molar-refractivity contribution is -0.136. The summed E-state index contributed by atoms with van der Waals surface area (Å²) >= 11 is 0. The topological polar surface area (TPSA) is 132 Å². The number of hydrogen-bond donors (Lipinski definition) is 2. The molecule has 11 nitrogen and oxygen atoms in total. The van der Waals surface area contributed by atoms with Gasteiger partial charge < -0.3 is 24.3 Å². The van der Waals surface area contributed by atoms with Crippen LogP contribution in [0.5, 0.6) is 0 Å². The minimum atomic E-state index is -0.993. The maximum atomic E-state index is 13.0. The molecule has 0 bridgehead atoms. The zero-order valence-corrected chi connectivity index (χ0v) is 19.6. The van der Waals surface area contributed by atoms with Crippen LogP contribution < -0.4 is 10.6 Å². The van der Waals surface area contributed by atoms with Crippen LogP contribution in [0.25, 0.3) is 0 Å². The highest BCUT2D eigenvalue weighted by Crippen LogP contribution is 2.32. The Labute approximate surface area is 203 Å². The number of hydrogen-bond acceptors (Lipinski definition) is 9. The smallest absolute Gasteiger partial charge is 0.264 e. The van der Waals surface area contributed by atoms with E-state index >= 15 is 0 Å². The number of fused-ring (bicyclic) bond motifs is 1. The molecule has 0 aliphatic carbocycles. The van der Waals surface area contributed by atoms with Gasteiger partial charge in [0.05, 0.1) is 64.0 Å². The number of rotatable bonds is 16. The molecular weight excluding hydrogens is 458 g/mol. The van der Waals surface area contributed by atoms with Crippen molar-refractivity contribution in [3.63, 3.8) is 0 Å². The zero-order chi connectivity index (χ0) is 25.0. The minimum absolute atomic E-state index is 0.0774. The Bertz CT molecular complexity index is 935. The lowest BCUT2D eigenvalue weighted by Gasteiger charge is -2.27. The van der Waals surface area contributed by atoms with Crippen LogP contribution in [-0.2, 0) is 28.5 Å². The molecular formula is C24H31N3O8. The molecule has 2 aliphatic rings. The monoisotopic (exact) mass is 489 g/mol. The van der Waals surface area contributed by atoms with E-state index < -0.39 is 29.7 Å². The summed E-state index contributed by atoms with van der Waals surface area (Å²) in [5.41, 5.74) is 0.943. The number of carbonyl (C=O) groups excluding carboxylic acids is 4. The molecule has 1 aromatic rings. The van der Waals surface area contributed by atoms with Crippen LogP contribution in [0, 0.1) is 0 Å². The van der Waals surface area contributed by atoms with Crippen molar-refractivity contribution in [2.24, 2.45) is 0 Å². The van der Waals surface area contributed by atoms with Gasteiger partial charge in [-0.1, -0.05) is 12.1 Å². The lowest BCUT2D eigenvalue weighted by atomic mass is 10.0. The summed E-state index contributed by atoms with van der Waals surface area (Å²) in [7, 11) is 0. The molecule has 35 heavy (non-hydrogen) atoms. The van der Waals surface area contributed by atoms with Gasteiger partial charge in [0.1, 0.15) is 6.04 Å². The van der Waals surface area contributed by atoms with E-state index in [4.69, 9.17) is 18.9 Å². The highest BCUT2D eigenvalue weighted by Gasteiger charge is 2.45. The fourth-order valence-corrected chi connectivity index (χ4v) is 3.75. The van der Waals surface area contributed by atoms with Crippen LogP contribution in [0.15, 0.2) is 30.9 Å². The van der Waals surface area contributed by atoms with Crippen molar-refractivity contribution in [1.82, 2.24) is 10.2 Å². The van der Waals surface area contributed by atoms with Crippen molar-refractivity contribution in [3.8, 4) is 0 Å². The molecule has 1 aromatic carbocycles. The predicted octanol–water partition coefficient (Wildman–Crippen LogP) is 0.752. The van der Waals surface area contributed by atoms with Gasteiger partial charge in [0.15, 0.2) is 0 Å². The first-order valence-electron chi connectivity index (χ1n) is 11.5. The maximum Gasteiger partial charge on any atom is 0.264 e. The number of carbonyl (C=O) groups is 4. The van der Waals surface area contributed by atoms with Gasteiger partial charge in [-0.2, -0.15) is 0 Å². The highest BCUT2D eigenvalue weighted by molar-refractivity contribution is 6.25. The molecule has 1 atom stereocenters. The van der Waals surface area contributed by atoms with Crippen molar-refractivity contribution in [2.45, 2.75) is 18.9 Å². The number of benzene rings is 1. The Morgan fingerprint density at radius 2 is 1.60 bits per heavy atom. The van der Waals surface area contributed by atoms with E-state index in [9.17, 15) is 19.2 Å². The number of piperidine rings is 1. The van der Waals surface area contributed by atoms with Crippen LogP contribution in [0.3, 0.4) is 0 Å². The Hall–Kier alpha value is -3.12. The second-order valence-electron chi connectivity index (χ2n) is 7.80. The van der Waals surface area contributed by atoms with Gasteiger partial charge >= 0.3 is 0 Å². The SMILES string of the molecule is C=CCOCCOCCOCCOCCNc1cccc2c1C(=O)N(C1CCC(=O)NC1=O)C2=O. The predicted molar refractivity (Wildman–Crippen MR) is 125 cm³/mol. The van der Waals surface area contributed by atoms with Crippen molar-refractivity contribution in [2.75, 3.05) is 64.7 Å². The number of ether oxygens (including phenoxy) is 4. The van der Waals surface area contributed by atoms with Crippen LogP contribution in [-0.4, -0.2) is 94.0 Å². The van der Waals surface area contributed by atoms with Crippen LogP contribution in [0.4, 0.5) is 5.69 Å². The quantitative estimate of drug-likeness (QED) is 0.196. The molecule has 190 valence electrons.